The van der Waals surface area contributed by atoms with Gasteiger partial charge in [-0.15, -0.1) is 0 Å². The zero-order valence-corrected chi connectivity index (χ0v) is 10.7. The van der Waals surface area contributed by atoms with Crippen LogP contribution in [0.25, 0.3) is 0 Å². The first-order chi connectivity index (χ1) is 6.90. The molecule has 0 aromatic carbocycles. The van der Waals surface area contributed by atoms with Crippen LogP contribution in [0.1, 0.15) is 27.2 Å². The summed E-state index contributed by atoms with van der Waals surface area (Å²) in [5, 5.41) is 4.98. The van der Waals surface area contributed by atoms with E-state index in [0.717, 1.165) is 4.62 Å². The third kappa shape index (κ3) is 4.61. The summed E-state index contributed by atoms with van der Waals surface area (Å²) >= 11 is 3.23. The highest BCUT2D eigenvalue weighted by Crippen LogP contribution is 2.17. The number of hydrogen-bond acceptors (Lipinski definition) is 4. The van der Waals surface area contributed by atoms with Gasteiger partial charge in [0.15, 0.2) is 6.10 Å². The number of rotatable bonds is 4. The van der Waals surface area contributed by atoms with Gasteiger partial charge in [-0.2, -0.15) is 0 Å². The third-order valence-corrected chi connectivity index (χ3v) is 2.06. The van der Waals surface area contributed by atoms with Gasteiger partial charge in [0, 0.05) is 6.42 Å². The molecule has 0 fully saturated rings. The van der Waals surface area contributed by atoms with E-state index in [0.29, 0.717) is 19.4 Å². The van der Waals surface area contributed by atoms with Gasteiger partial charge in [0.05, 0.1) is 12.1 Å². The minimum atomic E-state index is -0.391. The molecule has 0 bridgehead atoms. The standard InChI is InChI=1S/C9H15BrN2O3/c1-9(2,3)15-12(6-13)5-7-4-8(10)11-14-7/h6-7H,4-5H2,1-3H3. The molecule has 0 aromatic rings. The molecule has 0 radical (unpaired) electrons. The molecular weight excluding hydrogens is 264 g/mol. The van der Waals surface area contributed by atoms with E-state index < -0.39 is 5.60 Å². The Hall–Kier alpha value is -0.620. The van der Waals surface area contributed by atoms with Gasteiger partial charge in [0.2, 0.25) is 6.41 Å². The van der Waals surface area contributed by atoms with Crippen molar-refractivity contribution in [2.45, 2.75) is 38.9 Å². The van der Waals surface area contributed by atoms with Crippen LogP contribution in [0.3, 0.4) is 0 Å². The Morgan fingerprint density at radius 3 is 2.80 bits per heavy atom. The van der Waals surface area contributed by atoms with Crippen molar-refractivity contribution in [1.82, 2.24) is 5.06 Å². The molecule has 0 aromatic heterocycles. The molecule has 1 rings (SSSR count). The maximum Gasteiger partial charge on any atom is 0.233 e. The van der Waals surface area contributed by atoms with Crippen LogP contribution in [-0.4, -0.2) is 34.3 Å². The lowest BCUT2D eigenvalue weighted by Gasteiger charge is -2.27. The lowest BCUT2D eigenvalue weighted by molar-refractivity contribution is -0.224. The first-order valence-electron chi connectivity index (χ1n) is 4.70. The zero-order valence-electron chi connectivity index (χ0n) is 9.07. The molecule has 1 amide bonds. The fourth-order valence-electron chi connectivity index (χ4n) is 1.15. The van der Waals surface area contributed by atoms with Crippen molar-refractivity contribution in [3.63, 3.8) is 0 Å². The molecule has 1 aliphatic heterocycles. The summed E-state index contributed by atoms with van der Waals surface area (Å²) in [7, 11) is 0. The number of carbonyl (C=O) groups is 1. The van der Waals surface area contributed by atoms with Gasteiger partial charge >= 0.3 is 0 Å². The van der Waals surface area contributed by atoms with Crippen LogP contribution in [0, 0.1) is 0 Å². The Kier molecular flexibility index (Phi) is 4.10. The predicted octanol–water partition coefficient (Wildman–Crippen LogP) is 1.67. The maximum atomic E-state index is 10.7. The van der Waals surface area contributed by atoms with Crippen LogP contribution in [-0.2, 0) is 14.5 Å². The van der Waals surface area contributed by atoms with Crippen molar-refractivity contribution in [2.24, 2.45) is 5.16 Å². The van der Waals surface area contributed by atoms with Crippen molar-refractivity contribution >= 4 is 27.0 Å². The predicted molar refractivity (Wildman–Crippen MR) is 59.5 cm³/mol. The minimum absolute atomic E-state index is 0.132. The highest BCUT2D eigenvalue weighted by atomic mass is 79.9. The van der Waals surface area contributed by atoms with E-state index in [1.807, 2.05) is 20.8 Å². The summed E-state index contributed by atoms with van der Waals surface area (Å²) in [5.74, 6) is 0. The molecule has 0 spiro atoms. The molecule has 0 N–H and O–H groups in total. The Balaban J connectivity index is 2.38. The normalized spacial score (nSPS) is 20.8. The van der Waals surface area contributed by atoms with Gasteiger partial charge < -0.3 is 4.84 Å². The van der Waals surface area contributed by atoms with E-state index in [1.54, 1.807) is 0 Å². The molecule has 0 saturated heterocycles. The second kappa shape index (κ2) is 4.94. The number of hydrogen-bond donors (Lipinski definition) is 0. The van der Waals surface area contributed by atoms with Crippen LogP contribution < -0.4 is 0 Å². The van der Waals surface area contributed by atoms with Gasteiger partial charge in [-0.3, -0.25) is 9.63 Å². The van der Waals surface area contributed by atoms with Crippen molar-refractivity contribution < 1.29 is 14.5 Å². The fourth-order valence-corrected chi connectivity index (χ4v) is 1.59. The Morgan fingerprint density at radius 2 is 2.40 bits per heavy atom. The highest BCUT2D eigenvalue weighted by molar-refractivity contribution is 9.18. The van der Waals surface area contributed by atoms with Crippen LogP contribution in [0.4, 0.5) is 0 Å². The van der Waals surface area contributed by atoms with Crippen LogP contribution in [0.15, 0.2) is 5.16 Å². The van der Waals surface area contributed by atoms with E-state index in [4.69, 9.17) is 9.68 Å². The lowest BCUT2D eigenvalue weighted by atomic mass is 10.2. The summed E-state index contributed by atoms with van der Waals surface area (Å²) < 4.78 is 0.758. The topological polar surface area (TPSA) is 51.1 Å². The third-order valence-electron chi connectivity index (χ3n) is 1.59. The summed E-state index contributed by atoms with van der Waals surface area (Å²) in [4.78, 5) is 21.2. The molecule has 15 heavy (non-hydrogen) atoms. The molecule has 6 heteroatoms. The first kappa shape index (κ1) is 12.4. The molecule has 0 saturated carbocycles. The zero-order chi connectivity index (χ0) is 11.5. The summed E-state index contributed by atoms with van der Waals surface area (Å²) in [6.45, 7) is 6.02. The van der Waals surface area contributed by atoms with Crippen molar-refractivity contribution in [2.75, 3.05) is 6.54 Å². The number of nitrogens with zero attached hydrogens (tertiary/aromatic N) is 2. The molecule has 5 nitrogen and oxygen atoms in total. The maximum absolute atomic E-state index is 10.7. The van der Waals surface area contributed by atoms with Crippen molar-refractivity contribution in [3.05, 3.63) is 0 Å². The van der Waals surface area contributed by atoms with E-state index in [-0.39, 0.29) is 6.10 Å². The molecular formula is C9H15BrN2O3. The van der Waals surface area contributed by atoms with Crippen LogP contribution in [0.2, 0.25) is 0 Å². The first-order valence-corrected chi connectivity index (χ1v) is 5.49. The number of oxime groups is 1. The summed E-state index contributed by atoms with van der Waals surface area (Å²) in [6.07, 6.45) is 1.19. The number of halogens is 1. The number of amides is 1. The van der Waals surface area contributed by atoms with Crippen molar-refractivity contribution in [3.8, 4) is 0 Å². The smallest absolute Gasteiger partial charge is 0.233 e. The second-order valence-corrected chi connectivity index (χ2v) is 5.22. The van der Waals surface area contributed by atoms with E-state index in [2.05, 4.69) is 21.1 Å². The molecule has 1 heterocycles. The van der Waals surface area contributed by atoms with E-state index in [1.165, 1.54) is 5.06 Å². The average molecular weight is 279 g/mol. The minimum Gasteiger partial charge on any atom is -0.389 e. The van der Waals surface area contributed by atoms with Gasteiger partial charge in [0.25, 0.3) is 0 Å². The van der Waals surface area contributed by atoms with Crippen molar-refractivity contribution in [1.29, 1.82) is 0 Å². The Labute approximate surface area is 97.5 Å². The molecule has 86 valence electrons. The van der Waals surface area contributed by atoms with E-state index >= 15 is 0 Å². The fraction of sp³-hybridized carbons (Fsp3) is 0.778. The molecule has 1 aliphatic rings. The SMILES string of the molecule is CC(C)(C)ON(C=O)CC1CC(Br)=NO1. The Morgan fingerprint density at radius 1 is 1.73 bits per heavy atom. The number of carbonyl (C=O) groups excluding carboxylic acids is 1. The molecule has 1 unspecified atom stereocenters. The average Bonchev–Trinajstić information content (AvgIpc) is 2.47. The van der Waals surface area contributed by atoms with E-state index in [9.17, 15) is 4.79 Å². The Bertz CT molecular complexity index is 263. The largest absolute Gasteiger partial charge is 0.389 e. The van der Waals surface area contributed by atoms with Gasteiger partial charge in [-0.1, -0.05) is 5.16 Å². The highest BCUT2D eigenvalue weighted by Gasteiger charge is 2.24. The quantitative estimate of drug-likeness (QED) is 0.581. The van der Waals surface area contributed by atoms with Gasteiger partial charge in [0.1, 0.15) is 4.62 Å². The van der Waals surface area contributed by atoms with Crippen LogP contribution in [0.5, 0.6) is 0 Å². The van der Waals surface area contributed by atoms with Gasteiger partial charge in [-0.05, 0) is 36.7 Å². The molecule has 1 atom stereocenters. The van der Waals surface area contributed by atoms with Crippen LogP contribution >= 0.6 is 15.9 Å². The second-order valence-electron chi connectivity index (χ2n) is 4.31. The molecule has 0 aliphatic carbocycles. The van der Waals surface area contributed by atoms with Gasteiger partial charge in [-0.25, -0.2) is 5.06 Å². The summed E-state index contributed by atoms with van der Waals surface area (Å²) in [6, 6.07) is 0. The monoisotopic (exact) mass is 278 g/mol. The summed E-state index contributed by atoms with van der Waals surface area (Å²) in [5.41, 5.74) is -0.391. The lowest BCUT2D eigenvalue weighted by Crippen LogP contribution is -2.37. The number of hydroxylamine groups is 2.